The second-order valence-corrected chi connectivity index (χ2v) is 17.2. The molecule has 0 heteroatoms. The van der Waals surface area contributed by atoms with Gasteiger partial charge in [0.15, 0.2) is 0 Å². The summed E-state index contributed by atoms with van der Waals surface area (Å²) >= 11 is 0. The van der Waals surface area contributed by atoms with E-state index >= 15 is 0 Å². The van der Waals surface area contributed by atoms with Crippen molar-refractivity contribution in [2.24, 2.45) is 0 Å². The van der Waals surface area contributed by atoms with Gasteiger partial charge in [-0.1, -0.05) is 190 Å². The van der Waals surface area contributed by atoms with Gasteiger partial charge >= 0.3 is 0 Å². The van der Waals surface area contributed by atoms with Crippen molar-refractivity contribution >= 4 is 75.4 Å². The van der Waals surface area contributed by atoms with Gasteiger partial charge in [0.1, 0.15) is 0 Å². The average molecular weight is 747 g/mol. The molecule has 0 radical (unpaired) electrons. The average Bonchev–Trinajstić information content (AvgIpc) is 3.51. The Labute approximate surface area is 342 Å². The number of hydrogen-bond donors (Lipinski definition) is 0. The summed E-state index contributed by atoms with van der Waals surface area (Å²) in [5.74, 6) is 0. The Morgan fingerprint density at radius 3 is 1.42 bits per heavy atom. The molecule has 1 aliphatic carbocycles. The molecule has 0 spiro atoms. The third kappa shape index (κ3) is 4.55. The van der Waals surface area contributed by atoms with Crippen LogP contribution in [0, 0.1) is 0 Å². The molecule has 0 unspecified atom stereocenters. The lowest BCUT2D eigenvalue weighted by Crippen LogP contribution is -2.15. The largest absolute Gasteiger partial charge is 0.0616 e. The molecule has 13 rings (SSSR count). The Balaban J connectivity index is 0.908. The Bertz CT molecular complexity index is 3730. The van der Waals surface area contributed by atoms with Gasteiger partial charge in [0.25, 0.3) is 0 Å². The minimum atomic E-state index is -0.128. The monoisotopic (exact) mass is 746 g/mol. The summed E-state index contributed by atoms with van der Waals surface area (Å²) < 4.78 is 0. The van der Waals surface area contributed by atoms with Crippen molar-refractivity contribution in [3.63, 3.8) is 0 Å². The van der Waals surface area contributed by atoms with E-state index in [1.165, 1.54) is 131 Å². The zero-order valence-electron chi connectivity index (χ0n) is 33.0. The van der Waals surface area contributed by atoms with Crippen molar-refractivity contribution in [2.45, 2.75) is 19.3 Å². The fraction of sp³-hybridized carbons (Fsp3) is 0.0508. The highest BCUT2D eigenvalue weighted by Crippen LogP contribution is 2.52. The lowest BCUT2D eigenvalue weighted by molar-refractivity contribution is 0.661. The van der Waals surface area contributed by atoms with Crippen LogP contribution in [-0.4, -0.2) is 0 Å². The van der Waals surface area contributed by atoms with Gasteiger partial charge in [-0.2, -0.15) is 0 Å². The third-order valence-corrected chi connectivity index (χ3v) is 13.8. The first-order valence-electron chi connectivity index (χ1n) is 20.8. The van der Waals surface area contributed by atoms with Crippen LogP contribution in [0.5, 0.6) is 0 Å². The minimum absolute atomic E-state index is 0.128. The maximum atomic E-state index is 2.49. The van der Waals surface area contributed by atoms with Crippen LogP contribution in [0.1, 0.15) is 25.0 Å². The summed E-state index contributed by atoms with van der Waals surface area (Å²) in [6.07, 6.45) is 0. The molecule has 0 saturated heterocycles. The van der Waals surface area contributed by atoms with Gasteiger partial charge < -0.3 is 0 Å². The van der Waals surface area contributed by atoms with Crippen LogP contribution in [-0.2, 0) is 5.41 Å². The molecule has 0 saturated carbocycles. The molecule has 0 bridgehead atoms. The van der Waals surface area contributed by atoms with E-state index in [1.54, 1.807) is 0 Å². The van der Waals surface area contributed by atoms with Crippen molar-refractivity contribution in [2.75, 3.05) is 0 Å². The lowest BCUT2D eigenvalue weighted by atomic mass is 9.80. The Morgan fingerprint density at radius 2 is 0.729 bits per heavy atom. The number of hydrogen-bond acceptors (Lipinski definition) is 0. The Kier molecular flexibility index (Phi) is 6.60. The second kappa shape index (κ2) is 11.9. The van der Waals surface area contributed by atoms with Crippen molar-refractivity contribution in [1.29, 1.82) is 0 Å². The highest BCUT2D eigenvalue weighted by atomic mass is 14.4. The van der Waals surface area contributed by atoms with Crippen LogP contribution in [0.25, 0.3) is 120 Å². The molecular formula is C59H38. The van der Waals surface area contributed by atoms with Crippen LogP contribution >= 0.6 is 0 Å². The molecule has 59 heavy (non-hydrogen) atoms. The van der Waals surface area contributed by atoms with E-state index in [1.807, 2.05) is 0 Å². The van der Waals surface area contributed by atoms with E-state index in [0.717, 1.165) is 0 Å². The first-order chi connectivity index (χ1) is 29.0. The zero-order valence-corrected chi connectivity index (χ0v) is 33.0. The molecule has 0 fully saturated rings. The van der Waals surface area contributed by atoms with Crippen LogP contribution in [0.15, 0.2) is 194 Å². The van der Waals surface area contributed by atoms with Gasteiger partial charge in [0.05, 0.1) is 0 Å². The molecule has 12 aromatic carbocycles. The summed E-state index contributed by atoms with van der Waals surface area (Å²) in [6.45, 7) is 4.80. The molecule has 1 aliphatic rings. The van der Waals surface area contributed by atoms with Crippen LogP contribution in [0.4, 0.5) is 0 Å². The molecule has 0 aliphatic heterocycles. The molecule has 274 valence electrons. The maximum Gasteiger partial charge on any atom is 0.0159 e. The fourth-order valence-corrected chi connectivity index (χ4v) is 10.9. The molecule has 0 amide bonds. The lowest BCUT2D eigenvalue weighted by Gasteiger charge is -2.23. The maximum absolute atomic E-state index is 2.49. The molecule has 0 heterocycles. The van der Waals surface area contributed by atoms with Crippen LogP contribution < -0.4 is 0 Å². The number of fused-ring (bicyclic) bond motifs is 10. The normalized spacial score (nSPS) is 13.4. The van der Waals surface area contributed by atoms with E-state index in [2.05, 4.69) is 208 Å². The standard InChI is InChI=1S/C59H38/c1-59(2)55-32-40(26-29-49(55)54-33-52-46-15-7-5-13-44(46)45-14-6-8-16-47(45)53(52)34-56(54)59)35-18-20-37(21-19-35)42-27-22-38-25-31-51-48(28-23-39-24-30-50(42)57(38)58(39)51)43-17-9-11-36-10-3-4-12-41(36)43/h3-34H,1-2H3. The van der Waals surface area contributed by atoms with Crippen molar-refractivity contribution in [3.05, 3.63) is 205 Å². The summed E-state index contributed by atoms with van der Waals surface area (Å²) in [5, 5.41) is 18.4. The second-order valence-electron chi connectivity index (χ2n) is 17.2. The summed E-state index contributed by atoms with van der Waals surface area (Å²) in [6, 6.07) is 73.1. The first kappa shape index (κ1) is 32.8. The van der Waals surface area contributed by atoms with Crippen molar-refractivity contribution in [3.8, 4) is 44.5 Å². The van der Waals surface area contributed by atoms with Gasteiger partial charge in [-0.3, -0.25) is 0 Å². The van der Waals surface area contributed by atoms with E-state index in [-0.39, 0.29) is 5.41 Å². The summed E-state index contributed by atoms with van der Waals surface area (Å²) in [4.78, 5) is 0. The quantitative estimate of drug-likeness (QED) is 0.158. The van der Waals surface area contributed by atoms with Gasteiger partial charge in [0.2, 0.25) is 0 Å². The van der Waals surface area contributed by atoms with Crippen molar-refractivity contribution < 1.29 is 0 Å². The highest BCUT2D eigenvalue weighted by Gasteiger charge is 2.36. The van der Waals surface area contributed by atoms with E-state index in [4.69, 9.17) is 0 Å². The van der Waals surface area contributed by atoms with Crippen LogP contribution in [0.3, 0.4) is 0 Å². The Morgan fingerprint density at radius 1 is 0.254 bits per heavy atom. The zero-order chi connectivity index (χ0) is 39.0. The molecule has 12 aromatic rings. The van der Waals surface area contributed by atoms with E-state index in [9.17, 15) is 0 Å². The summed E-state index contributed by atoms with van der Waals surface area (Å²) in [7, 11) is 0. The topological polar surface area (TPSA) is 0 Å². The number of rotatable bonds is 3. The molecule has 0 nitrogen and oxygen atoms in total. The van der Waals surface area contributed by atoms with E-state index in [0.29, 0.717) is 0 Å². The van der Waals surface area contributed by atoms with Gasteiger partial charge in [0, 0.05) is 5.41 Å². The predicted octanol–water partition coefficient (Wildman–Crippen LogP) is 16.5. The van der Waals surface area contributed by atoms with E-state index < -0.39 is 0 Å². The first-order valence-corrected chi connectivity index (χ1v) is 20.8. The van der Waals surface area contributed by atoms with Gasteiger partial charge in [-0.15, -0.1) is 0 Å². The molecule has 0 aromatic heterocycles. The van der Waals surface area contributed by atoms with Gasteiger partial charge in [-0.05, 0) is 149 Å². The highest BCUT2D eigenvalue weighted by molar-refractivity contribution is 6.29. The Hall–Kier alpha value is -7.28. The SMILES string of the molecule is CC1(C)c2cc(-c3ccc(-c4ccc5ccc6c(-c7cccc8ccccc78)ccc7ccc4c5c76)cc3)ccc2-c2cc3c4ccccc4c4ccccc4c3cc21. The van der Waals surface area contributed by atoms with Crippen molar-refractivity contribution in [1.82, 2.24) is 0 Å². The number of benzene rings is 12. The van der Waals surface area contributed by atoms with Crippen LogP contribution in [0.2, 0.25) is 0 Å². The molecule has 0 N–H and O–H groups in total. The van der Waals surface area contributed by atoms with Gasteiger partial charge in [-0.25, -0.2) is 0 Å². The predicted molar refractivity (Wildman–Crippen MR) is 254 cm³/mol. The third-order valence-electron chi connectivity index (χ3n) is 13.8. The molecular weight excluding hydrogens is 709 g/mol. The minimum Gasteiger partial charge on any atom is -0.0616 e. The summed E-state index contributed by atoms with van der Waals surface area (Å²) in [5.41, 5.74) is 13.0. The molecule has 0 atom stereocenters. The fourth-order valence-electron chi connectivity index (χ4n) is 10.9. The smallest absolute Gasteiger partial charge is 0.0159 e.